The maximum Gasteiger partial charge on any atom is 0.291 e. The highest BCUT2D eigenvalue weighted by molar-refractivity contribution is 6.06. The molecule has 0 saturated carbocycles. The molecule has 6 nitrogen and oxygen atoms in total. The van der Waals surface area contributed by atoms with Crippen LogP contribution in [0.1, 0.15) is 24.2 Å². The van der Waals surface area contributed by atoms with Gasteiger partial charge in [0, 0.05) is 35.6 Å². The van der Waals surface area contributed by atoms with Crippen molar-refractivity contribution >= 4 is 27.9 Å². The van der Waals surface area contributed by atoms with E-state index in [2.05, 4.69) is 15.4 Å². The number of fused-ring (bicyclic) bond motifs is 1. The van der Waals surface area contributed by atoms with Crippen LogP contribution in [0.15, 0.2) is 71.8 Å². The van der Waals surface area contributed by atoms with Crippen molar-refractivity contribution in [2.75, 3.05) is 5.32 Å². The number of pyridine rings is 1. The van der Waals surface area contributed by atoms with Gasteiger partial charge in [-0.1, -0.05) is 36.4 Å². The van der Waals surface area contributed by atoms with E-state index in [0.717, 1.165) is 22.0 Å². The molecule has 0 aliphatic heterocycles. The number of hydrogen-bond acceptors (Lipinski definition) is 5. The summed E-state index contributed by atoms with van der Waals surface area (Å²) in [6, 6.07) is 17.3. The second-order valence-electron chi connectivity index (χ2n) is 6.66. The number of aromatic nitrogens is 3. The van der Waals surface area contributed by atoms with Gasteiger partial charge < -0.3 is 5.32 Å². The molecule has 0 saturated heterocycles. The smallest absolute Gasteiger partial charge is 0.291 e. The molecule has 4 rings (SSSR count). The van der Waals surface area contributed by atoms with Gasteiger partial charge in [-0.2, -0.15) is 5.10 Å². The van der Waals surface area contributed by atoms with E-state index >= 15 is 0 Å². The van der Waals surface area contributed by atoms with E-state index in [1.165, 1.54) is 11.6 Å². The van der Waals surface area contributed by atoms with Crippen LogP contribution in [0.4, 0.5) is 11.4 Å². The first kappa shape index (κ1) is 18.6. The number of aryl methyl sites for hydroxylation is 1. The summed E-state index contributed by atoms with van der Waals surface area (Å²) in [5, 5.41) is 9.71. The summed E-state index contributed by atoms with van der Waals surface area (Å²) in [5.41, 5.74) is 2.13. The first-order chi connectivity index (χ1) is 14.1. The Bertz CT molecular complexity index is 1260. The standard InChI is InChI=1S/C23H20N4O2/c1-3-27-23(29)22(25-19-10-6-8-16-7-4-5-9-18(16)19)20(15(2)28)21(26-27)17-11-13-24-14-12-17/h4-14,25H,3H2,1-2H3. The summed E-state index contributed by atoms with van der Waals surface area (Å²) in [5.74, 6) is -0.229. The molecule has 0 radical (unpaired) electrons. The van der Waals surface area contributed by atoms with E-state index in [1.807, 2.05) is 49.4 Å². The number of carbonyl (C=O) groups is 1. The molecule has 0 atom stereocenters. The van der Waals surface area contributed by atoms with Gasteiger partial charge in [0.2, 0.25) is 0 Å². The summed E-state index contributed by atoms with van der Waals surface area (Å²) in [4.78, 5) is 29.8. The lowest BCUT2D eigenvalue weighted by Gasteiger charge is -2.17. The lowest BCUT2D eigenvalue weighted by Crippen LogP contribution is -2.28. The maximum atomic E-state index is 13.1. The molecule has 0 spiro atoms. The van der Waals surface area contributed by atoms with Crippen LogP contribution in [-0.4, -0.2) is 20.5 Å². The number of ketones is 1. The fraction of sp³-hybridized carbons (Fsp3) is 0.130. The molecule has 29 heavy (non-hydrogen) atoms. The molecule has 0 bridgehead atoms. The number of anilines is 2. The van der Waals surface area contributed by atoms with Crippen molar-refractivity contribution in [3.63, 3.8) is 0 Å². The van der Waals surface area contributed by atoms with Crippen LogP contribution >= 0.6 is 0 Å². The minimum Gasteiger partial charge on any atom is -0.350 e. The molecule has 0 aliphatic carbocycles. The molecule has 0 aliphatic rings. The van der Waals surface area contributed by atoms with E-state index in [9.17, 15) is 9.59 Å². The zero-order valence-corrected chi connectivity index (χ0v) is 16.2. The molecule has 1 N–H and O–H groups in total. The van der Waals surface area contributed by atoms with Crippen molar-refractivity contribution in [2.24, 2.45) is 0 Å². The van der Waals surface area contributed by atoms with Crippen LogP contribution in [-0.2, 0) is 6.54 Å². The summed E-state index contributed by atoms with van der Waals surface area (Å²) in [6.45, 7) is 3.69. The van der Waals surface area contributed by atoms with Crippen LogP contribution in [0, 0.1) is 0 Å². The predicted octanol–water partition coefficient (Wildman–Crippen LogP) is 4.42. The molecular weight excluding hydrogens is 364 g/mol. The lowest BCUT2D eigenvalue weighted by molar-refractivity contribution is 0.101. The Morgan fingerprint density at radius 2 is 1.76 bits per heavy atom. The van der Waals surface area contributed by atoms with Gasteiger partial charge in [0.25, 0.3) is 5.56 Å². The van der Waals surface area contributed by atoms with Crippen molar-refractivity contribution in [2.45, 2.75) is 20.4 Å². The Morgan fingerprint density at radius 1 is 1.03 bits per heavy atom. The van der Waals surface area contributed by atoms with Crippen molar-refractivity contribution in [3.05, 3.63) is 82.9 Å². The molecule has 4 aromatic rings. The fourth-order valence-corrected chi connectivity index (χ4v) is 3.42. The molecule has 0 unspecified atom stereocenters. The number of nitrogens with zero attached hydrogens (tertiary/aromatic N) is 3. The summed E-state index contributed by atoms with van der Waals surface area (Å²) < 4.78 is 1.37. The molecule has 2 aromatic heterocycles. The third-order valence-electron chi connectivity index (χ3n) is 4.81. The Balaban J connectivity index is 1.99. The van der Waals surface area contributed by atoms with E-state index in [0.29, 0.717) is 12.2 Å². The molecule has 6 heteroatoms. The van der Waals surface area contributed by atoms with Crippen LogP contribution < -0.4 is 10.9 Å². The lowest BCUT2D eigenvalue weighted by atomic mass is 10.0. The SMILES string of the molecule is CCn1nc(-c2ccncc2)c(C(C)=O)c(Nc2cccc3ccccc23)c1=O. The number of nitrogens with one attached hydrogen (secondary N) is 1. The molecule has 2 heterocycles. The van der Waals surface area contributed by atoms with E-state index in [1.54, 1.807) is 24.5 Å². The largest absolute Gasteiger partial charge is 0.350 e. The third kappa shape index (κ3) is 3.40. The average Bonchev–Trinajstić information content (AvgIpc) is 2.75. The summed E-state index contributed by atoms with van der Waals surface area (Å²) in [7, 11) is 0. The molecule has 0 fully saturated rings. The Hall–Kier alpha value is -3.80. The summed E-state index contributed by atoms with van der Waals surface area (Å²) >= 11 is 0. The highest BCUT2D eigenvalue weighted by atomic mass is 16.1. The zero-order chi connectivity index (χ0) is 20.4. The van der Waals surface area contributed by atoms with Crippen molar-refractivity contribution in [3.8, 4) is 11.3 Å². The number of carbonyl (C=O) groups excluding carboxylic acids is 1. The van der Waals surface area contributed by atoms with Crippen LogP contribution in [0.2, 0.25) is 0 Å². The number of Topliss-reactive ketones (excluding diaryl/α,β-unsaturated/α-hetero) is 1. The third-order valence-corrected chi connectivity index (χ3v) is 4.81. The fourth-order valence-electron chi connectivity index (χ4n) is 3.42. The van der Waals surface area contributed by atoms with Gasteiger partial charge in [-0.15, -0.1) is 0 Å². The average molecular weight is 384 g/mol. The molecule has 2 aromatic carbocycles. The van der Waals surface area contributed by atoms with Gasteiger partial charge in [-0.25, -0.2) is 4.68 Å². The highest BCUT2D eigenvalue weighted by Crippen LogP contribution is 2.30. The minimum atomic E-state index is -0.330. The van der Waals surface area contributed by atoms with Gasteiger partial charge in [0.05, 0.1) is 5.56 Å². The first-order valence-electron chi connectivity index (χ1n) is 9.41. The first-order valence-corrected chi connectivity index (χ1v) is 9.41. The Morgan fingerprint density at radius 3 is 2.48 bits per heavy atom. The second kappa shape index (κ2) is 7.67. The number of benzene rings is 2. The van der Waals surface area contributed by atoms with Gasteiger partial charge in [-0.3, -0.25) is 14.6 Å². The van der Waals surface area contributed by atoms with Crippen LogP contribution in [0.5, 0.6) is 0 Å². The monoisotopic (exact) mass is 384 g/mol. The van der Waals surface area contributed by atoms with Gasteiger partial charge in [0.1, 0.15) is 11.4 Å². The van der Waals surface area contributed by atoms with Crippen molar-refractivity contribution < 1.29 is 4.79 Å². The zero-order valence-electron chi connectivity index (χ0n) is 16.2. The highest BCUT2D eigenvalue weighted by Gasteiger charge is 2.22. The van der Waals surface area contributed by atoms with Crippen LogP contribution in [0.3, 0.4) is 0 Å². The predicted molar refractivity (Wildman–Crippen MR) is 115 cm³/mol. The van der Waals surface area contributed by atoms with Gasteiger partial charge in [0.15, 0.2) is 5.78 Å². The van der Waals surface area contributed by atoms with E-state index in [4.69, 9.17) is 0 Å². The molecule has 144 valence electrons. The van der Waals surface area contributed by atoms with Gasteiger partial charge >= 0.3 is 0 Å². The molecular formula is C23H20N4O2. The normalized spacial score (nSPS) is 10.8. The minimum absolute atomic E-state index is 0.229. The quantitative estimate of drug-likeness (QED) is 0.515. The number of rotatable bonds is 5. The topological polar surface area (TPSA) is 76.9 Å². The van der Waals surface area contributed by atoms with E-state index < -0.39 is 0 Å². The van der Waals surface area contributed by atoms with E-state index in [-0.39, 0.29) is 22.6 Å². The van der Waals surface area contributed by atoms with Crippen LogP contribution in [0.25, 0.3) is 22.0 Å². The number of hydrogen-bond donors (Lipinski definition) is 1. The van der Waals surface area contributed by atoms with Crippen molar-refractivity contribution in [1.29, 1.82) is 0 Å². The van der Waals surface area contributed by atoms with Crippen molar-refractivity contribution in [1.82, 2.24) is 14.8 Å². The summed E-state index contributed by atoms with van der Waals surface area (Å²) in [6.07, 6.45) is 3.28. The Labute approximate surface area is 167 Å². The molecule has 0 amide bonds. The maximum absolute atomic E-state index is 13.1. The van der Waals surface area contributed by atoms with Gasteiger partial charge in [-0.05, 0) is 37.4 Å². The Kier molecular flexibility index (Phi) is 4.91. The second-order valence-corrected chi connectivity index (χ2v) is 6.66.